The van der Waals surface area contributed by atoms with Gasteiger partial charge in [-0.1, -0.05) is 35.3 Å². The summed E-state index contributed by atoms with van der Waals surface area (Å²) in [5.74, 6) is -4.71. The van der Waals surface area contributed by atoms with Gasteiger partial charge in [-0.15, -0.1) is 0 Å². The SMILES string of the molecule is COC(=O)C(c1ccc(Oc2ccnc(COc3ccc(Cl)cc3F)c2)cc1F)c1ccc(Oc2ccnc(COc3ccc(Cl)cc3F)c2)cc1F. The van der Waals surface area contributed by atoms with Crippen LogP contribution in [0, 0.1) is 23.3 Å². The van der Waals surface area contributed by atoms with E-state index in [0.29, 0.717) is 11.4 Å². The predicted molar refractivity (Wildman–Crippen MR) is 187 cm³/mol. The van der Waals surface area contributed by atoms with Gasteiger partial charge in [-0.25, -0.2) is 17.6 Å². The van der Waals surface area contributed by atoms with Crippen molar-refractivity contribution in [2.45, 2.75) is 19.1 Å². The lowest BCUT2D eigenvalue weighted by molar-refractivity contribution is -0.141. The normalized spacial score (nSPS) is 10.9. The van der Waals surface area contributed by atoms with Crippen LogP contribution in [0.15, 0.2) is 109 Å². The lowest BCUT2D eigenvalue weighted by atomic mass is 9.90. The molecule has 270 valence electrons. The number of esters is 1. The smallest absolute Gasteiger partial charge is 0.317 e. The molecule has 0 aliphatic carbocycles. The first kappa shape index (κ1) is 36.9. The van der Waals surface area contributed by atoms with Crippen molar-refractivity contribution in [1.82, 2.24) is 9.97 Å². The quantitative estimate of drug-likeness (QED) is 0.0848. The first-order chi connectivity index (χ1) is 25.6. The number of hydrogen-bond donors (Lipinski definition) is 0. The Morgan fingerprint density at radius 1 is 0.585 bits per heavy atom. The molecule has 0 aliphatic rings. The molecule has 0 N–H and O–H groups in total. The van der Waals surface area contributed by atoms with Gasteiger partial charge in [0.05, 0.1) is 18.5 Å². The fraction of sp³-hybridized carbons (Fsp3) is 0.103. The molecule has 53 heavy (non-hydrogen) atoms. The van der Waals surface area contributed by atoms with Crippen LogP contribution in [-0.4, -0.2) is 23.0 Å². The van der Waals surface area contributed by atoms with E-state index in [2.05, 4.69) is 9.97 Å². The van der Waals surface area contributed by atoms with Crippen LogP contribution < -0.4 is 18.9 Å². The number of carbonyl (C=O) groups is 1. The third kappa shape index (κ3) is 9.34. The second-order valence-corrected chi connectivity index (χ2v) is 12.1. The molecule has 0 aliphatic heterocycles. The van der Waals surface area contributed by atoms with Crippen molar-refractivity contribution in [2.75, 3.05) is 7.11 Å². The van der Waals surface area contributed by atoms with Crippen LogP contribution in [0.25, 0.3) is 0 Å². The van der Waals surface area contributed by atoms with Gasteiger partial charge < -0.3 is 23.7 Å². The topological polar surface area (TPSA) is 89.0 Å². The number of methoxy groups -OCH3 is 1. The Morgan fingerprint density at radius 2 is 1.02 bits per heavy atom. The molecule has 8 nitrogen and oxygen atoms in total. The number of hydrogen-bond acceptors (Lipinski definition) is 8. The molecule has 0 saturated carbocycles. The summed E-state index contributed by atoms with van der Waals surface area (Å²) in [7, 11) is 1.11. The lowest BCUT2D eigenvalue weighted by Gasteiger charge is -2.18. The van der Waals surface area contributed by atoms with E-state index in [0.717, 1.165) is 31.4 Å². The zero-order valence-electron chi connectivity index (χ0n) is 27.5. The number of pyridine rings is 2. The third-order valence-electron chi connectivity index (χ3n) is 7.59. The summed E-state index contributed by atoms with van der Waals surface area (Å²) >= 11 is 11.6. The average molecular weight is 766 g/mol. The van der Waals surface area contributed by atoms with Crippen LogP contribution in [0.2, 0.25) is 10.0 Å². The first-order valence-corrected chi connectivity index (χ1v) is 16.4. The molecule has 0 bridgehead atoms. The summed E-state index contributed by atoms with van der Waals surface area (Å²) in [6.45, 7) is -0.184. The molecule has 6 aromatic rings. The van der Waals surface area contributed by atoms with Crippen molar-refractivity contribution >= 4 is 29.2 Å². The van der Waals surface area contributed by atoms with Crippen molar-refractivity contribution in [2.24, 2.45) is 0 Å². The standard InChI is InChI=1S/C39H26Cl2F4N2O6/c1-49-39(48)38(30-6-4-26(18-32(30)42)52-28-10-12-46-24(16-28)20-50-36-8-2-22(40)14-34(36)44)31-7-5-27(19-33(31)43)53-29-11-13-47-25(17-29)21-51-37-9-3-23(41)15-35(37)45/h2-19,38H,20-21H2,1H3. The minimum absolute atomic E-state index is 0.0152. The Bertz CT molecular complexity index is 2130. The van der Waals surface area contributed by atoms with Gasteiger partial charge >= 0.3 is 5.97 Å². The zero-order valence-corrected chi connectivity index (χ0v) is 29.0. The molecule has 0 spiro atoms. The number of aromatic nitrogens is 2. The summed E-state index contributed by atoms with van der Waals surface area (Å²) in [4.78, 5) is 21.3. The summed E-state index contributed by atoms with van der Waals surface area (Å²) in [5.41, 5.74) is 0.460. The summed E-state index contributed by atoms with van der Waals surface area (Å²) in [5, 5.41) is 0.452. The average Bonchev–Trinajstić information content (AvgIpc) is 3.13. The second kappa shape index (κ2) is 16.7. The van der Waals surface area contributed by atoms with Crippen LogP contribution in [-0.2, 0) is 22.7 Å². The number of nitrogens with zero attached hydrogens (tertiary/aromatic N) is 2. The number of ether oxygens (including phenoxy) is 5. The molecule has 0 unspecified atom stereocenters. The van der Waals surface area contributed by atoms with E-state index in [4.69, 9.17) is 46.9 Å². The molecule has 0 amide bonds. The first-order valence-electron chi connectivity index (χ1n) is 15.6. The number of rotatable bonds is 13. The van der Waals surface area contributed by atoms with Crippen LogP contribution in [0.3, 0.4) is 0 Å². The van der Waals surface area contributed by atoms with Gasteiger partial charge in [0.15, 0.2) is 23.1 Å². The van der Waals surface area contributed by atoms with Gasteiger partial charge in [0.1, 0.15) is 53.8 Å². The van der Waals surface area contributed by atoms with Crippen LogP contribution in [0.5, 0.6) is 34.5 Å². The monoisotopic (exact) mass is 764 g/mol. The predicted octanol–water partition coefficient (Wildman–Crippen LogP) is 10.4. The Hall–Kier alpha value is -5.85. The van der Waals surface area contributed by atoms with Crippen LogP contribution >= 0.6 is 23.2 Å². The molecule has 0 saturated heterocycles. The maximum absolute atomic E-state index is 15.6. The van der Waals surface area contributed by atoms with E-state index in [9.17, 15) is 13.6 Å². The highest BCUT2D eigenvalue weighted by molar-refractivity contribution is 6.30. The number of carbonyl (C=O) groups excluding carboxylic acids is 1. The maximum Gasteiger partial charge on any atom is 0.317 e. The molecule has 14 heteroatoms. The third-order valence-corrected chi connectivity index (χ3v) is 8.06. The van der Waals surface area contributed by atoms with E-state index >= 15 is 8.78 Å². The molecule has 4 aromatic carbocycles. The van der Waals surface area contributed by atoms with E-state index in [1.807, 2.05) is 0 Å². The number of halogens is 6. The van der Waals surface area contributed by atoms with E-state index in [-0.39, 0.29) is 68.9 Å². The van der Waals surface area contributed by atoms with Crippen molar-refractivity contribution in [3.63, 3.8) is 0 Å². The van der Waals surface area contributed by atoms with Crippen LogP contribution in [0.4, 0.5) is 17.6 Å². The minimum Gasteiger partial charge on any atom is -0.484 e. The molecule has 2 aromatic heterocycles. The Labute approximate surface area is 310 Å². The van der Waals surface area contributed by atoms with Crippen molar-refractivity contribution in [3.8, 4) is 34.5 Å². The largest absolute Gasteiger partial charge is 0.484 e. The lowest BCUT2D eigenvalue weighted by Crippen LogP contribution is -2.18. The Morgan fingerprint density at radius 3 is 1.42 bits per heavy atom. The Kier molecular flexibility index (Phi) is 11.6. The van der Waals surface area contributed by atoms with E-state index < -0.39 is 35.2 Å². The summed E-state index contributed by atoms with van der Waals surface area (Å²) < 4.78 is 86.9. The molecule has 6 rings (SSSR count). The molecule has 0 radical (unpaired) electrons. The maximum atomic E-state index is 15.6. The highest BCUT2D eigenvalue weighted by Gasteiger charge is 2.30. The highest BCUT2D eigenvalue weighted by Crippen LogP contribution is 2.35. The molecular weight excluding hydrogens is 739 g/mol. The highest BCUT2D eigenvalue weighted by atomic mass is 35.5. The Balaban J connectivity index is 1.14. The van der Waals surface area contributed by atoms with Crippen molar-refractivity contribution in [3.05, 3.63) is 165 Å². The summed E-state index contributed by atoms with van der Waals surface area (Å²) in [6.07, 6.45) is 2.88. The minimum atomic E-state index is -1.47. The van der Waals surface area contributed by atoms with Gasteiger partial charge in [-0.2, -0.15) is 0 Å². The fourth-order valence-corrected chi connectivity index (χ4v) is 5.42. The van der Waals surface area contributed by atoms with E-state index in [1.165, 1.54) is 85.2 Å². The second-order valence-electron chi connectivity index (χ2n) is 11.2. The van der Waals surface area contributed by atoms with Gasteiger partial charge in [0.25, 0.3) is 0 Å². The van der Waals surface area contributed by atoms with E-state index in [1.54, 1.807) is 0 Å². The zero-order chi connectivity index (χ0) is 37.5. The van der Waals surface area contributed by atoms with Gasteiger partial charge in [-0.3, -0.25) is 14.8 Å². The van der Waals surface area contributed by atoms with Gasteiger partial charge in [0.2, 0.25) is 0 Å². The number of benzene rings is 4. The summed E-state index contributed by atoms with van der Waals surface area (Å²) in [6, 6.07) is 21.6. The molecule has 0 fully saturated rings. The van der Waals surface area contributed by atoms with Crippen molar-refractivity contribution < 1.29 is 46.0 Å². The fourth-order valence-electron chi connectivity index (χ4n) is 5.11. The van der Waals surface area contributed by atoms with Crippen LogP contribution in [0.1, 0.15) is 28.4 Å². The molecule has 2 heterocycles. The van der Waals surface area contributed by atoms with Gasteiger partial charge in [-0.05, 0) is 60.7 Å². The molecular formula is C39H26Cl2F4N2O6. The molecule has 0 atom stereocenters. The van der Waals surface area contributed by atoms with Crippen molar-refractivity contribution in [1.29, 1.82) is 0 Å². The van der Waals surface area contributed by atoms with Gasteiger partial charge in [0, 0.05) is 57.8 Å².